The molecule has 0 radical (unpaired) electrons. The quantitative estimate of drug-likeness (QED) is 0.275. The number of hydrogen-bond acceptors (Lipinski definition) is 8. The smallest absolute Gasteiger partial charge is 0.241 e. The molecule has 3 N–H and O–H groups in total. The maximum atomic E-state index is 12.9. The van der Waals surface area contributed by atoms with Gasteiger partial charge in [-0.05, 0) is 56.2 Å². The van der Waals surface area contributed by atoms with Crippen LogP contribution in [0.1, 0.15) is 18.6 Å². The van der Waals surface area contributed by atoms with Gasteiger partial charge in [0.05, 0.1) is 5.69 Å². The van der Waals surface area contributed by atoms with Crippen molar-refractivity contribution < 1.29 is 23.6 Å². The largest absolute Gasteiger partial charge is 0.453 e. The van der Waals surface area contributed by atoms with Crippen LogP contribution in [0.25, 0.3) is 0 Å². The van der Waals surface area contributed by atoms with Crippen LogP contribution in [0.2, 0.25) is 0 Å². The molecule has 10 nitrogen and oxygen atoms in total. The van der Waals surface area contributed by atoms with Crippen LogP contribution >= 0.6 is 0 Å². The maximum Gasteiger partial charge on any atom is 0.241 e. The number of benzene rings is 2. The first-order valence-electron chi connectivity index (χ1n) is 11.4. The van der Waals surface area contributed by atoms with Crippen LogP contribution in [0.4, 0.5) is 23.0 Å². The van der Waals surface area contributed by atoms with Crippen LogP contribution in [0, 0.1) is 12.3 Å². The Labute approximate surface area is 205 Å². The van der Waals surface area contributed by atoms with Crippen LogP contribution in [-0.2, 0) is 9.59 Å². The molecule has 6 rings (SSSR count). The molecule has 0 spiro atoms. The number of pyridine rings is 1. The van der Waals surface area contributed by atoms with E-state index < -0.39 is 11.3 Å². The highest BCUT2D eigenvalue weighted by molar-refractivity contribution is 6.16. The number of carbonyl (C=O) groups excluding carboxylic acids is 2. The first kappa shape index (κ1) is 21.7. The van der Waals surface area contributed by atoms with Gasteiger partial charge in [0.1, 0.15) is 16.9 Å². The van der Waals surface area contributed by atoms with E-state index >= 15 is 0 Å². The van der Waals surface area contributed by atoms with E-state index in [1.807, 2.05) is 24.3 Å². The average molecular weight is 483 g/mol. The third-order valence-electron chi connectivity index (χ3n) is 6.05. The summed E-state index contributed by atoms with van der Waals surface area (Å²) >= 11 is 0. The van der Waals surface area contributed by atoms with Crippen LogP contribution in [0.3, 0.4) is 0 Å². The summed E-state index contributed by atoms with van der Waals surface area (Å²) in [5, 5.41) is 12.5. The van der Waals surface area contributed by atoms with Crippen molar-refractivity contribution >= 4 is 34.8 Å². The summed E-state index contributed by atoms with van der Waals surface area (Å²) in [6.45, 7) is 1.72. The normalized spacial score (nSPS) is 14.4. The molecule has 2 amide bonds. The van der Waals surface area contributed by atoms with Gasteiger partial charge in [0, 0.05) is 24.0 Å². The van der Waals surface area contributed by atoms with Gasteiger partial charge in [-0.25, -0.2) is 4.98 Å². The summed E-state index contributed by atoms with van der Waals surface area (Å²) in [6, 6.07) is 17.8. The number of carbonyl (C=O) groups is 2. The van der Waals surface area contributed by atoms with Gasteiger partial charge in [0.15, 0.2) is 23.1 Å². The second-order valence-electron chi connectivity index (χ2n) is 8.65. The fourth-order valence-corrected chi connectivity index (χ4v) is 3.92. The summed E-state index contributed by atoms with van der Waals surface area (Å²) in [7, 11) is 0. The minimum absolute atomic E-state index is 0.291. The zero-order valence-electron chi connectivity index (χ0n) is 19.2. The van der Waals surface area contributed by atoms with Crippen molar-refractivity contribution in [1.82, 2.24) is 10.1 Å². The number of aromatic nitrogens is 2. The molecule has 36 heavy (non-hydrogen) atoms. The van der Waals surface area contributed by atoms with Gasteiger partial charge >= 0.3 is 0 Å². The Hall–Kier alpha value is -4.86. The van der Waals surface area contributed by atoms with Gasteiger partial charge in [-0.2, -0.15) is 0 Å². The molecule has 2 aliphatic rings. The van der Waals surface area contributed by atoms with Crippen LogP contribution < -0.4 is 25.4 Å². The van der Waals surface area contributed by atoms with Crippen LogP contribution in [0.5, 0.6) is 23.0 Å². The van der Waals surface area contributed by atoms with Crippen molar-refractivity contribution in [3.8, 4) is 23.0 Å². The molecule has 10 heteroatoms. The number of nitrogens with zero attached hydrogens (tertiary/aromatic N) is 2. The summed E-state index contributed by atoms with van der Waals surface area (Å²) in [4.78, 5) is 29.9. The molecule has 4 aromatic rings. The number of para-hydroxylation sites is 2. The number of aryl methyl sites for hydroxylation is 1. The highest BCUT2D eigenvalue weighted by Crippen LogP contribution is 2.48. The van der Waals surface area contributed by atoms with E-state index in [2.05, 4.69) is 26.1 Å². The Bertz CT molecular complexity index is 1480. The zero-order valence-corrected chi connectivity index (χ0v) is 19.2. The Morgan fingerprint density at radius 3 is 2.56 bits per heavy atom. The lowest BCUT2D eigenvalue weighted by Gasteiger charge is -2.22. The lowest BCUT2D eigenvalue weighted by molar-refractivity contribution is -0.131. The molecule has 180 valence electrons. The van der Waals surface area contributed by atoms with Crippen molar-refractivity contribution in [1.29, 1.82) is 0 Å². The molecular formula is C26H21N5O5. The topological polar surface area (TPSA) is 128 Å². The maximum absolute atomic E-state index is 12.9. The fraction of sp³-hybridized carbons (Fsp3) is 0.154. The number of hydrogen-bond donors (Lipinski definition) is 3. The summed E-state index contributed by atoms with van der Waals surface area (Å²) < 4.78 is 17.0. The second-order valence-corrected chi connectivity index (χ2v) is 8.65. The predicted molar refractivity (Wildman–Crippen MR) is 131 cm³/mol. The Kier molecular flexibility index (Phi) is 5.06. The molecular weight excluding hydrogens is 462 g/mol. The molecule has 1 fully saturated rings. The standard InChI is InChI=1S/C26H21N5O5/c1-15-14-21(31-36-15)30-25(33)26(11-12-26)24(32)28-16-6-8-17(9-7-16)34-20-10-13-27-23-22(20)35-19-5-3-2-4-18(19)29-23/h2-10,13-14H,11-12H2,1H3,(H,27,29)(H,28,32)(H,30,31,33). The average Bonchev–Trinajstić information content (AvgIpc) is 3.61. The predicted octanol–water partition coefficient (Wildman–Crippen LogP) is 5.38. The number of amides is 2. The molecule has 1 saturated carbocycles. The van der Waals surface area contributed by atoms with Gasteiger partial charge in [-0.1, -0.05) is 17.3 Å². The molecule has 1 aliphatic carbocycles. The Morgan fingerprint density at radius 1 is 1.03 bits per heavy atom. The van der Waals surface area contributed by atoms with Gasteiger partial charge < -0.3 is 29.9 Å². The highest BCUT2D eigenvalue weighted by atomic mass is 16.5. The van der Waals surface area contributed by atoms with Crippen molar-refractivity contribution in [2.75, 3.05) is 16.0 Å². The monoisotopic (exact) mass is 483 g/mol. The molecule has 0 saturated heterocycles. The van der Waals surface area contributed by atoms with E-state index in [1.54, 1.807) is 49.5 Å². The van der Waals surface area contributed by atoms with Crippen molar-refractivity contribution in [3.05, 3.63) is 72.6 Å². The van der Waals surface area contributed by atoms with E-state index in [4.69, 9.17) is 14.0 Å². The zero-order chi connectivity index (χ0) is 24.7. The van der Waals surface area contributed by atoms with E-state index in [-0.39, 0.29) is 5.91 Å². The SMILES string of the molecule is Cc1cc(NC(=O)C2(C(=O)Nc3ccc(Oc4ccnc5c4Oc4ccccc4N5)cc3)CC2)no1. The molecule has 0 unspecified atom stereocenters. The number of ether oxygens (including phenoxy) is 2. The minimum atomic E-state index is -1.11. The van der Waals surface area contributed by atoms with Gasteiger partial charge in [-0.3, -0.25) is 9.59 Å². The number of rotatable bonds is 6. The molecule has 0 bridgehead atoms. The highest BCUT2D eigenvalue weighted by Gasteiger charge is 2.56. The minimum Gasteiger partial charge on any atom is -0.453 e. The molecule has 2 aromatic heterocycles. The van der Waals surface area contributed by atoms with E-state index in [0.717, 1.165) is 5.69 Å². The third kappa shape index (κ3) is 3.98. The van der Waals surface area contributed by atoms with E-state index in [0.29, 0.717) is 58.9 Å². The number of anilines is 4. The van der Waals surface area contributed by atoms with Gasteiger partial charge in [0.2, 0.25) is 17.6 Å². The first-order chi connectivity index (χ1) is 17.5. The molecule has 2 aromatic carbocycles. The van der Waals surface area contributed by atoms with Crippen molar-refractivity contribution in [3.63, 3.8) is 0 Å². The first-order valence-corrected chi connectivity index (χ1v) is 11.4. The Balaban J connectivity index is 1.12. The molecule has 3 heterocycles. The molecule has 0 atom stereocenters. The fourth-order valence-electron chi connectivity index (χ4n) is 3.92. The summed E-state index contributed by atoms with van der Waals surface area (Å²) in [6.07, 6.45) is 2.56. The molecule has 1 aliphatic heterocycles. The number of nitrogens with one attached hydrogen (secondary N) is 3. The van der Waals surface area contributed by atoms with E-state index in [1.165, 1.54) is 0 Å². The van der Waals surface area contributed by atoms with Crippen molar-refractivity contribution in [2.24, 2.45) is 5.41 Å². The summed E-state index contributed by atoms with van der Waals surface area (Å²) in [5.74, 6) is 2.86. The van der Waals surface area contributed by atoms with Crippen molar-refractivity contribution in [2.45, 2.75) is 19.8 Å². The third-order valence-corrected chi connectivity index (χ3v) is 6.05. The van der Waals surface area contributed by atoms with Gasteiger partial charge in [0.25, 0.3) is 0 Å². The van der Waals surface area contributed by atoms with Gasteiger partial charge in [-0.15, -0.1) is 0 Å². The number of fused-ring (bicyclic) bond motifs is 2. The van der Waals surface area contributed by atoms with E-state index in [9.17, 15) is 9.59 Å². The Morgan fingerprint density at radius 2 is 1.81 bits per heavy atom. The lowest BCUT2D eigenvalue weighted by Crippen LogP contribution is -2.35. The van der Waals surface area contributed by atoms with Crippen LogP contribution in [-0.4, -0.2) is 22.0 Å². The lowest BCUT2D eigenvalue weighted by atomic mass is 10.1. The van der Waals surface area contributed by atoms with Crippen LogP contribution in [0.15, 0.2) is 71.4 Å². The summed E-state index contributed by atoms with van der Waals surface area (Å²) in [5.41, 5.74) is 0.263. The second kappa shape index (κ2) is 8.42.